The quantitative estimate of drug-likeness (QED) is 0.280. The minimum absolute atomic E-state index is 0.00203. The van der Waals surface area contributed by atoms with Crippen LogP contribution in [0.15, 0.2) is 85.0 Å². The number of aliphatic hydroxyl groups excluding tert-OH is 1. The van der Waals surface area contributed by atoms with Gasteiger partial charge in [0, 0.05) is 26.1 Å². The molecule has 3 atom stereocenters. The molecule has 6 rings (SSSR count). The van der Waals surface area contributed by atoms with Crippen molar-refractivity contribution in [3.63, 3.8) is 0 Å². The summed E-state index contributed by atoms with van der Waals surface area (Å²) in [5.41, 5.74) is 3.28. The fourth-order valence-electron chi connectivity index (χ4n) is 6.40. The molecule has 0 spiro atoms. The zero-order valence-electron chi connectivity index (χ0n) is 25.7. The molecule has 1 unspecified atom stereocenters. The SMILES string of the molecule is C=CCN1CC(=O)N2[C@@H](CC3=CCC(O)C=C3)C(=O)N(Cc3cccc4nnn(CC(=O)O)c34)C[C@@H]2N1C(=O)NCc1ccccc1. The molecule has 2 saturated heterocycles. The Hall–Kier alpha value is -5.34. The topological polar surface area (TPSA) is 164 Å². The number of allylic oxidation sites excluding steroid dienone is 1. The van der Waals surface area contributed by atoms with E-state index in [2.05, 4.69) is 22.2 Å². The van der Waals surface area contributed by atoms with Crippen LogP contribution in [0.25, 0.3) is 11.0 Å². The van der Waals surface area contributed by atoms with Crippen LogP contribution in [0.1, 0.15) is 24.0 Å². The molecule has 3 N–H and O–H groups in total. The maximum atomic E-state index is 14.4. The molecule has 1 aliphatic carbocycles. The Labute approximate surface area is 270 Å². The molecule has 2 fully saturated rings. The number of piperazine rings is 1. The number of carbonyl (C=O) groups excluding carboxylic acids is 3. The van der Waals surface area contributed by atoms with Gasteiger partial charge in [0.2, 0.25) is 11.8 Å². The number of carboxylic acid groups (broad SMARTS) is 1. The molecule has 3 aromatic rings. The van der Waals surface area contributed by atoms with Crippen LogP contribution in [-0.2, 0) is 34.0 Å². The Bertz CT molecular complexity index is 1750. The van der Waals surface area contributed by atoms with Crippen molar-refractivity contribution >= 4 is 34.8 Å². The predicted octanol–water partition coefficient (Wildman–Crippen LogP) is 1.65. The van der Waals surface area contributed by atoms with E-state index in [-0.39, 0.29) is 51.0 Å². The zero-order chi connectivity index (χ0) is 33.1. The second kappa shape index (κ2) is 13.6. The fourth-order valence-corrected chi connectivity index (χ4v) is 6.40. The molecule has 0 saturated carbocycles. The van der Waals surface area contributed by atoms with Crippen molar-refractivity contribution < 1.29 is 29.4 Å². The lowest BCUT2D eigenvalue weighted by atomic mass is 9.94. The first-order valence-electron chi connectivity index (χ1n) is 15.4. The number of urea groups is 1. The third-order valence-corrected chi connectivity index (χ3v) is 8.51. The molecule has 3 aliphatic rings. The van der Waals surface area contributed by atoms with Crippen molar-refractivity contribution in [1.29, 1.82) is 0 Å². The lowest BCUT2D eigenvalue weighted by molar-refractivity contribution is -0.189. The van der Waals surface area contributed by atoms with Gasteiger partial charge in [-0.2, -0.15) is 0 Å². The molecule has 1 aromatic heterocycles. The molecular formula is C33H36N8O6. The molecule has 14 nitrogen and oxygen atoms in total. The third-order valence-electron chi connectivity index (χ3n) is 8.51. The fraction of sp³-hybridized carbons (Fsp3) is 0.333. The van der Waals surface area contributed by atoms with Crippen molar-refractivity contribution in [3.8, 4) is 0 Å². The van der Waals surface area contributed by atoms with Crippen molar-refractivity contribution in [2.75, 3.05) is 19.6 Å². The number of aromatic nitrogens is 3. The summed E-state index contributed by atoms with van der Waals surface area (Å²) < 4.78 is 1.29. The summed E-state index contributed by atoms with van der Waals surface area (Å²) in [7, 11) is 0. The molecule has 3 heterocycles. The minimum Gasteiger partial charge on any atom is -0.480 e. The van der Waals surface area contributed by atoms with Crippen molar-refractivity contribution in [2.45, 2.75) is 50.8 Å². The highest BCUT2D eigenvalue weighted by Gasteiger charge is 2.51. The van der Waals surface area contributed by atoms with E-state index in [1.54, 1.807) is 46.3 Å². The number of para-hydroxylation sites is 1. The van der Waals surface area contributed by atoms with E-state index in [1.165, 1.54) is 14.6 Å². The van der Waals surface area contributed by atoms with Gasteiger partial charge in [-0.3, -0.25) is 14.4 Å². The van der Waals surface area contributed by atoms with E-state index >= 15 is 0 Å². The van der Waals surface area contributed by atoms with Gasteiger partial charge >= 0.3 is 12.0 Å². The smallest absolute Gasteiger partial charge is 0.334 e. The summed E-state index contributed by atoms with van der Waals surface area (Å²) in [4.78, 5) is 56.8. The highest BCUT2D eigenvalue weighted by atomic mass is 16.4. The molecule has 244 valence electrons. The third kappa shape index (κ3) is 6.64. The summed E-state index contributed by atoms with van der Waals surface area (Å²) in [6.07, 6.45) is 5.98. The second-order valence-corrected chi connectivity index (χ2v) is 11.7. The first-order chi connectivity index (χ1) is 22.7. The van der Waals surface area contributed by atoms with Gasteiger partial charge in [-0.15, -0.1) is 11.7 Å². The monoisotopic (exact) mass is 640 g/mol. The molecule has 0 bridgehead atoms. The molecular weight excluding hydrogens is 604 g/mol. The summed E-state index contributed by atoms with van der Waals surface area (Å²) >= 11 is 0. The minimum atomic E-state index is -1.09. The number of nitrogens with one attached hydrogen (secondary N) is 1. The van der Waals surface area contributed by atoms with Crippen LogP contribution in [0.5, 0.6) is 0 Å². The van der Waals surface area contributed by atoms with Gasteiger partial charge < -0.3 is 25.3 Å². The summed E-state index contributed by atoms with van der Waals surface area (Å²) in [5, 5.41) is 33.7. The molecule has 0 radical (unpaired) electrons. The standard InChI is InChI=1S/C33H36N8O6/c1-2-15-38-20-29(43)40-27(16-22-11-13-25(42)14-12-22)32(46)37(18-24-9-6-10-26-31(24)39(36-35-26)21-30(44)45)19-28(40)41(38)33(47)34-17-23-7-4-3-5-8-23/h2-13,25,27-28,42H,1,14-21H2,(H,34,47)(H,44,45)/t25?,27-,28-/m0/s1. The number of benzene rings is 2. The largest absolute Gasteiger partial charge is 0.480 e. The second-order valence-electron chi connectivity index (χ2n) is 11.7. The number of hydrazine groups is 1. The highest BCUT2D eigenvalue weighted by Crippen LogP contribution is 2.32. The highest BCUT2D eigenvalue weighted by molar-refractivity contribution is 5.92. The Kier molecular flexibility index (Phi) is 9.13. The van der Waals surface area contributed by atoms with Crippen molar-refractivity contribution in [2.24, 2.45) is 0 Å². The lowest BCUT2D eigenvalue weighted by Crippen LogP contribution is -2.76. The predicted molar refractivity (Wildman–Crippen MR) is 170 cm³/mol. The maximum Gasteiger partial charge on any atom is 0.334 e. The lowest BCUT2D eigenvalue weighted by Gasteiger charge is -2.55. The van der Waals surface area contributed by atoms with Crippen LogP contribution in [0.4, 0.5) is 4.79 Å². The number of amides is 4. The Morgan fingerprint density at radius 2 is 1.91 bits per heavy atom. The van der Waals surface area contributed by atoms with E-state index in [0.717, 1.165) is 11.1 Å². The van der Waals surface area contributed by atoms with Crippen LogP contribution in [-0.4, -0.2) is 107 Å². The average Bonchev–Trinajstić information content (AvgIpc) is 3.46. The number of hydrogen-bond donors (Lipinski definition) is 3. The van der Waals surface area contributed by atoms with Gasteiger partial charge in [-0.1, -0.05) is 72.0 Å². The van der Waals surface area contributed by atoms with E-state index in [9.17, 15) is 29.4 Å². The van der Waals surface area contributed by atoms with Crippen LogP contribution >= 0.6 is 0 Å². The van der Waals surface area contributed by atoms with Crippen LogP contribution < -0.4 is 5.32 Å². The molecule has 2 aliphatic heterocycles. The molecule has 47 heavy (non-hydrogen) atoms. The van der Waals surface area contributed by atoms with Crippen LogP contribution in [0.3, 0.4) is 0 Å². The number of fused-ring (bicyclic) bond motifs is 2. The molecule has 4 amide bonds. The van der Waals surface area contributed by atoms with Crippen LogP contribution in [0.2, 0.25) is 0 Å². The van der Waals surface area contributed by atoms with E-state index < -0.39 is 36.9 Å². The van der Waals surface area contributed by atoms with Crippen LogP contribution in [0, 0.1) is 0 Å². The van der Waals surface area contributed by atoms with Crippen molar-refractivity contribution in [3.05, 3.63) is 96.1 Å². The van der Waals surface area contributed by atoms with Gasteiger partial charge in [-0.05, 0) is 29.2 Å². The zero-order valence-corrected chi connectivity index (χ0v) is 25.7. The number of aliphatic carboxylic acids is 1. The van der Waals surface area contributed by atoms with E-state index in [1.807, 2.05) is 36.4 Å². The summed E-state index contributed by atoms with van der Waals surface area (Å²) in [6.45, 7) is 3.83. The van der Waals surface area contributed by atoms with Gasteiger partial charge in [0.25, 0.3) is 0 Å². The van der Waals surface area contributed by atoms with Gasteiger partial charge in [0.05, 0.1) is 24.7 Å². The Balaban J connectivity index is 1.37. The van der Waals surface area contributed by atoms with Gasteiger partial charge in [0.15, 0.2) is 0 Å². The molecule has 14 heteroatoms. The first-order valence-corrected chi connectivity index (χ1v) is 15.4. The van der Waals surface area contributed by atoms with Crippen molar-refractivity contribution in [1.82, 2.24) is 40.1 Å². The first kappa shape index (κ1) is 31.6. The number of carboxylic acids is 1. The maximum absolute atomic E-state index is 14.4. The number of carbonyl (C=O) groups is 4. The Morgan fingerprint density at radius 1 is 1.11 bits per heavy atom. The van der Waals surface area contributed by atoms with Gasteiger partial charge in [0.1, 0.15) is 24.3 Å². The average molecular weight is 641 g/mol. The Morgan fingerprint density at radius 3 is 2.64 bits per heavy atom. The number of rotatable bonds is 10. The molecule has 2 aromatic carbocycles. The van der Waals surface area contributed by atoms with E-state index in [4.69, 9.17) is 0 Å². The number of hydrogen-bond acceptors (Lipinski definition) is 8. The summed E-state index contributed by atoms with van der Waals surface area (Å²) in [6, 6.07) is 13.3. The number of aliphatic hydroxyl groups is 1. The summed E-state index contributed by atoms with van der Waals surface area (Å²) in [5.74, 6) is -1.70. The van der Waals surface area contributed by atoms with E-state index in [0.29, 0.717) is 23.0 Å². The van der Waals surface area contributed by atoms with Gasteiger partial charge in [-0.25, -0.2) is 19.5 Å². The number of nitrogens with zero attached hydrogens (tertiary/aromatic N) is 7. The normalized spacial score (nSPS) is 21.5.